The standard InChI is InChI=1S/C10H11N3O/c1-6-8-4-3-5-13(8)12-7(2)9(6)10(11)14/h3-5H,1-2H3,(H2,11,14). The smallest absolute Gasteiger partial charge is 0.250 e. The number of hydrogen-bond donors (Lipinski definition) is 1. The van der Waals surface area contributed by atoms with Gasteiger partial charge in [0.05, 0.1) is 16.8 Å². The molecule has 0 atom stereocenters. The van der Waals surface area contributed by atoms with Crippen LogP contribution in [0.2, 0.25) is 0 Å². The van der Waals surface area contributed by atoms with Gasteiger partial charge in [-0.3, -0.25) is 4.79 Å². The average Bonchev–Trinajstić information content (AvgIpc) is 2.50. The van der Waals surface area contributed by atoms with Crippen LogP contribution in [0.25, 0.3) is 5.52 Å². The Balaban J connectivity index is 2.89. The number of fused-ring (bicyclic) bond motifs is 1. The fourth-order valence-electron chi connectivity index (χ4n) is 1.73. The summed E-state index contributed by atoms with van der Waals surface area (Å²) in [6.45, 7) is 3.66. The minimum absolute atomic E-state index is 0.420. The maximum absolute atomic E-state index is 11.2. The highest BCUT2D eigenvalue weighted by molar-refractivity contribution is 5.96. The van der Waals surface area contributed by atoms with Gasteiger partial charge in [-0.2, -0.15) is 5.10 Å². The molecule has 0 radical (unpaired) electrons. The summed E-state index contributed by atoms with van der Waals surface area (Å²) < 4.78 is 1.75. The van der Waals surface area contributed by atoms with Crippen LogP contribution in [0.4, 0.5) is 0 Å². The zero-order valence-electron chi connectivity index (χ0n) is 8.11. The van der Waals surface area contributed by atoms with Crippen molar-refractivity contribution in [3.05, 3.63) is 35.2 Å². The van der Waals surface area contributed by atoms with Gasteiger partial charge in [-0.15, -0.1) is 0 Å². The summed E-state index contributed by atoms with van der Waals surface area (Å²) in [7, 11) is 0. The number of amides is 1. The van der Waals surface area contributed by atoms with E-state index in [2.05, 4.69) is 5.10 Å². The summed E-state index contributed by atoms with van der Waals surface area (Å²) in [6, 6.07) is 3.80. The van der Waals surface area contributed by atoms with Gasteiger partial charge < -0.3 is 5.73 Å². The van der Waals surface area contributed by atoms with Gasteiger partial charge in [0, 0.05) is 6.20 Å². The largest absolute Gasteiger partial charge is 0.366 e. The lowest BCUT2D eigenvalue weighted by molar-refractivity contribution is 0.0998. The predicted molar refractivity (Wildman–Crippen MR) is 53.2 cm³/mol. The first-order valence-corrected chi connectivity index (χ1v) is 4.35. The van der Waals surface area contributed by atoms with Crippen LogP contribution in [0.3, 0.4) is 0 Å². The van der Waals surface area contributed by atoms with Crippen molar-refractivity contribution in [3.63, 3.8) is 0 Å². The second-order valence-corrected chi connectivity index (χ2v) is 3.29. The summed E-state index contributed by atoms with van der Waals surface area (Å²) in [5.74, 6) is -0.420. The molecule has 2 aromatic rings. The van der Waals surface area contributed by atoms with Gasteiger partial charge in [-0.25, -0.2) is 4.52 Å². The highest BCUT2D eigenvalue weighted by atomic mass is 16.1. The maximum atomic E-state index is 11.2. The van der Waals surface area contributed by atoms with E-state index < -0.39 is 5.91 Å². The average molecular weight is 189 g/mol. The van der Waals surface area contributed by atoms with Crippen LogP contribution in [0.1, 0.15) is 21.6 Å². The lowest BCUT2D eigenvalue weighted by atomic mass is 10.1. The van der Waals surface area contributed by atoms with Gasteiger partial charge in [0.25, 0.3) is 5.91 Å². The minimum Gasteiger partial charge on any atom is -0.366 e. The third-order valence-electron chi connectivity index (χ3n) is 2.35. The van der Waals surface area contributed by atoms with E-state index in [9.17, 15) is 4.79 Å². The Morgan fingerprint density at radius 1 is 1.50 bits per heavy atom. The van der Waals surface area contributed by atoms with Crippen molar-refractivity contribution in [1.82, 2.24) is 9.61 Å². The van der Waals surface area contributed by atoms with Crippen LogP contribution in [0.15, 0.2) is 18.3 Å². The van der Waals surface area contributed by atoms with E-state index in [4.69, 9.17) is 5.73 Å². The Kier molecular flexibility index (Phi) is 1.77. The molecule has 2 aromatic heterocycles. The van der Waals surface area contributed by atoms with E-state index in [1.165, 1.54) is 0 Å². The van der Waals surface area contributed by atoms with Gasteiger partial charge in [-0.1, -0.05) is 0 Å². The molecule has 0 spiro atoms. The Morgan fingerprint density at radius 3 is 2.86 bits per heavy atom. The molecule has 2 heterocycles. The third-order valence-corrected chi connectivity index (χ3v) is 2.35. The quantitative estimate of drug-likeness (QED) is 0.728. The Hall–Kier alpha value is -1.84. The second-order valence-electron chi connectivity index (χ2n) is 3.29. The van der Waals surface area contributed by atoms with Crippen LogP contribution in [-0.4, -0.2) is 15.5 Å². The van der Waals surface area contributed by atoms with Crippen molar-refractivity contribution in [3.8, 4) is 0 Å². The molecule has 0 aromatic carbocycles. The molecule has 4 nitrogen and oxygen atoms in total. The number of nitrogens with zero attached hydrogens (tertiary/aromatic N) is 2. The van der Waals surface area contributed by atoms with Crippen molar-refractivity contribution in [1.29, 1.82) is 0 Å². The molecule has 1 amide bonds. The summed E-state index contributed by atoms with van der Waals surface area (Å²) in [6.07, 6.45) is 1.85. The second kappa shape index (κ2) is 2.83. The number of carbonyl (C=O) groups is 1. The van der Waals surface area contributed by atoms with Crippen LogP contribution in [0, 0.1) is 13.8 Å². The molecular weight excluding hydrogens is 178 g/mol. The molecule has 0 saturated carbocycles. The van der Waals surface area contributed by atoms with Crippen molar-refractivity contribution >= 4 is 11.4 Å². The zero-order chi connectivity index (χ0) is 10.3. The molecule has 14 heavy (non-hydrogen) atoms. The molecule has 0 aliphatic carbocycles. The van der Waals surface area contributed by atoms with E-state index in [0.29, 0.717) is 11.3 Å². The summed E-state index contributed by atoms with van der Waals surface area (Å²) in [4.78, 5) is 11.2. The van der Waals surface area contributed by atoms with Gasteiger partial charge in [0.15, 0.2) is 0 Å². The summed E-state index contributed by atoms with van der Waals surface area (Å²) in [5.41, 5.74) is 8.28. The van der Waals surface area contributed by atoms with Gasteiger partial charge in [0.2, 0.25) is 0 Å². The lowest BCUT2D eigenvalue weighted by Crippen LogP contribution is -2.17. The lowest BCUT2D eigenvalue weighted by Gasteiger charge is -2.07. The molecule has 0 aliphatic heterocycles. The first-order chi connectivity index (χ1) is 6.61. The molecule has 2 rings (SSSR count). The number of carbonyl (C=O) groups excluding carboxylic acids is 1. The van der Waals surface area contributed by atoms with Crippen molar-refractivity contribution < 1.29 is 4.79 Å². The normalized spacial score (nSPS) is 10.7. The Bertz CT molecular complexity index is 513. The van der Waals surface area contributed by atoms with E-state index >= 15 is 0 Å². The maximum Gasteiger partial charge on any atom is 0.250 e. The number of nitrogens with two attached hydrogens (primary N) is 1. The molecule has 0 saturated heterocycles. The predicted octanol–water partition coefficient (Wildman–Crippen LogP) is 1.05. The van der Waals surface area contributed by atoms with Gasteiger partial charge in [-0.05, 0) is 31.5 Å². The van der Waals surface area contributed by atoms with Crippen LogP contribution in [0.5, 0.6) is 0 Å². The molecule has 72 valence electrons. The van der Waals surface area contributed by atoms with Crippen molar-refractivity contribution in [2.45, 2.75) is 13.8 Å². The van der Waals surface area contributed by atoms with E-state index in [0.717, 1.165) is 11.1 Å². The van der Waals surface area contributed by atoms with Crippen LogP contribution >= 0.6 is 0 Å². The van der Waals surface area contributed by atoms with Crippen molar-refractivity contribution in [2.24, 2.45) is 5.73 Å². The first-order valence-electron chi connectivity index (χ1n) is 4.35. The van der Waals surface area contributed by atoms with E-state index in [-0.39, 0.29) is 0 Å². The first kappa shape index (κ1) is 8.74. The Labute approximate surface area is 81.3 Å². The molecule has 0 aliphatic rings. The number of rotatable bonds is 1. The van der Waals surface area contributed by atoms with Gasteiger partial charge in [0.1, 0.15) is 0 Å². The van der Waals surface area contributed by atoms with Crippen LogP contribution in [-0.2, 0) is 0 Å². The SMILES string of the molecule is Cc1nn2cccc2c(C)c1C(N)=O. The van der Waals surface area contributed by atoms with E-state index in [1.54, 1.807) is 11.4 Å². The number of hydrogen-bond acceptors (Lipinski definition) is 2. The highest BCUT2D eigenvalue weighted by Crippen LogP contribution is 2.16. The molecule has 0 bridgehead atoms. The molecule has 4 heteroatoms. The van der Waals surface area contributed by atoms with Crippen LogP contribution < -0.4 is 5.73 Å². The zero-order valence-corrected chi connectivity index (χ0v) is 8.11. The number of primary amides is 1. The molecule has 0 unspecified atom stereocenters. The summed E-state index contributed by atoms with van der Waals surface area (Å²) >= 11 is 0. The topological polar surface area (TPSA) is 60.4 Å². The monoisotopic (exact) mass is 189 g/mol. The third kappa shape index (κ3) is 1.08. The molecule has 0 fully saturated rings. The highest BCUT2D eigenvalue weighted by Gasteiger charge is 2.13. The fraction of sp³-hybridized carbons (Fsp3) is 0.200. The van der Waals surface area contributed by atoms with Gasteiger partial charge >= 0.3 is 0 Å². The summed E-state index contributed by atoms with van der Waals surface area (Å²) in [5, 5.41) is 4.23. The number of aryl methyl sites for hydroxylation is 2. The number of aromatic nitrogens is 2. The molecule has 2 N–H and O–H groups in total. The van der Waals surface area contributed by atoms with E-state index in [1.807, 2.05) is 25.3 Å². The fourth-order valence-corrected chi connectivity index (χ4v) is 1.73. The molecular formula is C10H11N3O. The van der Waals surface area contributed by atoms with Crippen molar-refractivity contribution in [2.75, 3.05) is 0 Å². The Morgan fingerprint density at radius 2 is 2.21 bits per heavy atom. The minimum atomic E-state index is -0.420.